The molecule has 1 aliphatic carbocycles. The Morgan fingerprint density at radius 3 is 2.71 bits per heavy atom. The summed E-state index contributed by atoms with van der Waals surface area (Å²) in [5.74, 6) is 1.46. The van der Waals surface area contributed by atoms with Crippen molar-refractivity contribution in [1.82, 2.24) is 20.6 Å². The lowest BCUT2D eigenvalue weighted by molar-refractivity contribution is 0.406. The van der Waals surface area contributed by atoms with Crippen LogP contribution < -0.4 is 10.5 Å². The Bertz CT molecular complexity index is 648. The number of hydrogen-bond donors (Lipinski definition) is 2. The molecule has 6 nitrogen and oxygen atoms in total. The maximum atomic E-state index is 5.90. The Balaban J connectivity index is 2.02. The van der Waals surface area contributed by atoms with Gasteiger partial charge in [0, 0.05) is 6.04 Å². The van der Waals surface area contributed by atoms with Crippen molar-refractivity contribution in [3.8, 4) is 5.75 Å². The predicted molar refractivity (Wildman–Crippen MR) is 78.8 cm³/mol. The summed E-state index contributed by atoms with van der Waals surface area (Å²) in [5, 5.41) is 14.5. The molecule has 1 aromatic heterocycles. The second-order valence-corrected chi connectivity index (χ2v) is 5.06. The molecule has 0 bridgehead atoms. The number of nitrogens with zero attached hydrogens (tertiary/aromatic N) is 3. The lowest BCUT2D eigenvalue weighted by Crippen LogP contribution is -2.31. The number of para-hydroxylation sites is 1. The number of nitrogens with one attached hydrogen (secondary N) is 1. The summed E-state index contributed by atoms with van der Waals surface area (Å²) in [6, 6.07) is 7.84. The summed E-state index contributed by atoms with van der Waals surface area (Å²) in [4.78, 5) is 0. The molecule has 3 N–H and O–H groups in total. The van der Waals surface area contributed by atoms with E-state index in [0.29, 0.717) is 12.2 Å². The van der Waals surface area contributed by atoms with Gasteiger partial charge in [-0.05, 0) is 18.1 Å². The molecule has 2 aromatic rings. The van der Waals surface area contributed by atoms with Gasteiger partial charge in [0.2, 0.25) is 0 Å². The Hall–Kier alpha value is -2.47. The maximum absolute atomic E-state index is 5.90. The van der Waals surface area contributed by atoms with E-state index in [0.717, 1.165) is 11.3 Å². The number of hydrogen-bond acceptors (Lipinski definition) is 5. The van der Waals surface area contributed by atoms with Crippen LogP contribution in [0.1, 0.15) is 11.4 Å². The monoisotopic (exact) mass is 283 g/mol. The first kappa shape index (κ1) is 13.5. The number of allylic oxidation sites excluding steroid dienone is 2. The van der Waals surface area contributed by atoms with Crippen LogP contribution in [-0.4, -0.2) is 33.8 Å². The fraction of sp³-hybridized carbons (Fsp3) is 0.267. The second-order valence-electron chi connectivity index (χ2n) is 5.06. The number of H-pyrrole nitrogens is 1. The van der Waals surface area contributed by atoms with Gasteiger partial charge in [-0.1, -0.05) is 47.7 Å². The predicted octanol–water partition coefficient (Wildman–Crippen LogP) is 1.14. The molecule has 0 aliphatic heterocycles. The Labute approximate surface area is 122 Å². The molecule has 0 saturated heterocycles. The first-order valence-electron chi connectivity index (χ1n) is 6.74. The minimum atomic E-state index is -0.461. The van der Waals surface area contributed by atoms with Crippen LogP contribution in [-0.2, 0) is 11.8 Å². The molecule has 1 aromatic carbocycles. The smallest absolute Gasteiger partial charge is 0.188 e. The number of tetrazole rings is 1. The highest BCUT2D eigenvalue weighted by atomic mass is 16.5. The van der Waals surface area contributed by atoms with Gasteiger partial charge in [-0.15, -0.1) is 10.2 Å². The van der Waals surface area contributed by atoms with Gasteiger partial charge < -0.3 is 10.5 Å². The van der Waals surface area contributed by atoms with E-state index in [1.165, 1.54) is 0 Å². The zero-order valence-electron chi connectivity index (χ0n) is 11.7. The molecular formula is C15H17N5O. The van der Waals surface area contributed by atoms with Gasteiger partial charge in [-0.2, -0.15) is 5.21 Å². The molecule has 6 heteroatoms. The number of aromatic nitrogens is 4. The molecule has 0 unspecified atom stereocenters. The number of methoxy groups -OCH3 is 1. The maximum Gasteiger partial charge on any atom is 0.188 e. The van der Waals surface area contributed by atoms with Crippen molar-refractivity contribution >= 4 is 0 Å². The summed E-state index contributed by atoms with van der Waals surface area (Å²) in [6.45, 7) is 0. The van der Waals surface area contributed by atoms with E-state index >= 15 is 0 Å². The molecule has 0 spiro atoms. The Morgan fingerprint density at radius 1 is 1.29 bits per heavy atom. The highest BCUT2D eigenvalue weighted by Crippen LogP contribution is 2.34. The molecule has 0 fully saturated rings. The average Bonchev–Trinajstić information content (AvgIpc) is 3.05. The van der Waals surface area contributed by atoms with Crippen LogP contribution in [0, 0.1) is 0 Å². The van der Waals surface area contributed by atoms with E-state index in [4.69, 9.17) is 10.5 Å². The minimum absolute atomic E-state index is 0.0808. The first-order valence-corrected chi connectivity index (χ1v) is 6.74. The van der Waals surface area contributed by atoms with E-state index in [-0.39, 0.29) is 6.04 Å². The highest BCUT2D eigenvalue weighted by molar-refractivity contribution is 5.41. The second kappa shape index (κ2) is 5.49. The summed E-state index contributed by atoms with van der Waals surface area (Å²) in [5.41, 5.74) is 6.51. The van der Waals surface area contributed by atoms with Gasteiger partial charge in [0.05, 0.1) is 12.5 Å². The fourth-order valence-corrected chi connectivity index (χ4v) is 2.55. The van der Waals surface area contributed by atoms with Gasteiger partial charge in [0.15, 0.2) is 5.82 Å². The van der Waals surface area contributed by atoms with Crippen LogP contribution in [0.15, 0.2) is 48.6 Å². The fourth-order valence-electron chi connectivity index (χ4n) is 2.55. The molecule has 108 valence electrons. The third-order valence-electron chi connectivity index (χ3n) is 3.67. The third kappa shape index (κ3) is 2.57. The van der Waals surface area contributed by atoms with Crippen molar-refractivity contribution in [3.05, 3.63) is 60.0 Å². The molecule has 0 saturated carbocycles. The van der Waals surface area contributed by atoms with E-state index in [9.17, 15) is 0 Å². The van der Waals surface area contributed by atoms with Gasteiger partial charge in [0.25, 0.3) is 0 Å². The van der Waals surface area contributed by atoms with Crippen LogP contribution in [0.4, 0.5) is 0 Å². The Kier molecular flexibility index (Phi) is 3.53. The standard InChI is InChI=1S/C15H17N5O/c1-21-13-5-3-2-4-11(13)10-15(14-17-19-20-18-14)8-6-12(16)7-9-15/h2-9,12H,10,16H2,1H3,(H,17,18,19,20). The number of aromatic amines is 1. The molecule has 0 radical (unpaired) electrons. The van der Waals surface area contributed by atoms with Gasteiger partial charge in [0.1, 0.15) is 5.75 Å². The summed E-state index contributed by atoms with van der Waals surface area (Å²) in [7, 11) is 1.67. The highest BCUT2D eigenvalue weighted by Gasteiger charge is 2.34. The van der Waals surface area contributed by atoms with Crippen LogP contribution in [0.25, 0.3) is 0 Å². The van der Waals surface area contributed by atoms with Crippen molar-refractivity contribution in [2.45, 2.75) is 17.9 Å². The molecule has 21 heavy (non-hydrogen) atoms. The molecule has 0 amide bonds. The largest absolute Gasteiger partial charge is 0.496 e. The minimum Gasteiger partial charge on any atom is -0.496 e. The SMILES string of the molecule is COc1ccccc1CC1(c2nn[nH]n2)C=CC(N)C=C1. The van der Waals surface area contributed by atoms with Gasteiger partial charge >= 0.3 is 0 Å². The molecule has 3 rings (SSSR count). The summed E-state index contributed by atoms with van der Waals surface area (Å²) >= 11 is 0. The van der Waals surface area contributed by atoms with Crippen molar-refractivity contribution in [2.75, 3.05) is 7.11 Å². The normalized spacial score (nSPS) is 24.2. The lowest BCUT2D eigenvalue weighted by Gasteiger charge is -2.28. The van der Waals surface area contributed by atoms with E-state index < -0.39 is 5.41 Å². The topological polar surface area (TPSA) is 89.7 Å². The number of rotatable bonds is 4. The van der Waals surface area contributed by atoms with Crippen LogP contribution in [0.5, 0.6) is 5.75 Å². The molecule has 1 heterocycles. The quantitative estimate of drug-likeness (QED) is 0.821. The summed E-state index contributed by atoms with van der Waals surface area (Å²) in [6.07, 6.45) is 8.65. The van der Waals surface area contributed by atoms with E-state index in [2.05, 4.69) is 20.6 Å². The van der Waals surface area contributed by atoms with E-state index in [1.807, 2.05) is 48.6 Å². The number of benzene rings is 1. The van der Waals surface area contributed by atoms with Crippen molar-refractivity contribution in [1.29, 1.82) is 0 Å². The average molecular weight is 283 g/mol. The number of nitrogens with two attached hydrogens (primary N) is 1. The molecule has 1 aliphatic rings. The van der Waals surface area contributed by atoms with Crippen molar-refractivity contribution in [2.24, 2.45) is 5.73 Å². The lowest BCUT2D eigenvalue weighted by atomic mass is 9.77. The van der Waals surface area contributed by atoms with Crippen molar-refractivity contribution in [3.63, 3.8) is 0 Å². The molecular weight excluding hydrogens is 266 g/mol. The summed E-state index contributed by atoms with van der Waals surface area (Å²) < 4.78 is 5.43. The first-order chi connectivity index (χ1) is 10.2. The van der Waals surface area contributed by atoms with Crippen LogP contribution in [0.3, 0.4) is 0 Å². The third-order valence-corrected chi connectivity index (χ3v) is 3.67. The van der Waals surface area contributed by atoms with Gasteiger partial charge in [-0.25, -0.2) is 0 Å². The molecule has 0 atom stereocenters. The Morgan fingerprint density at radius 2 is 2.05 bits per heavy atom. The zero-order chi connectivity index (χ0) is 14.7. The van der Waals surface area contributed by atoms with E-state index in [1.54, 1.807) is 7.11 Å². The van der Waals surface area contributed by atoms with Crippen LogP contribution >= 0.6 is 0 Å². The zero-order valence-corrected chi connectivity index (χ0v) is 11.7. The number of ether oxygens (including phenoxy) is 1. The van der Waals surface area contributed by atoms with Crippen LogP contribution in [0.2, 0.25) is 0 Å². The van der Waals surface area contributed by atoms with Gasteiger partial charge in [-0.3, -0.25) is 0 Å². The van der Waals surface area contributed by atoms with Crippen molar-refractivity contribution < 1.29 is 4.74 Å².